The topological polar surface area (TPSA) is 50.4 Å². The molecule has 0 radical (unpaired) electrons. The third-order valence-electron chi connectivity index (χ3n) is 2.80. The molecule has 0 saturated heterocycles. The van der Waals surface area contributed by atoms with Gasteiger partial charge in [0.15, 0.2) is 5.96 Å². The maximum atomic E-state index is 5.81. The van der Waals surface area contributed by atoms with Crippen LogP contribution >= 0.6 is 15.9 Å². The number of aliphatic imine (C=N–C) groups is 1. The van der Waals surface area contributed by atoms with Crippen LogP contribution in [0.25, 0.3) is 0 Å². The number of nitrogens with two attached hydrogens (primary N) is 1. The van der Waals surface area contributed by atoms with Crippen LogP contribution in [0.15, 0.2) is 33.7 Å². The molecule has 0 bridgehead atoms. The molecule has 0 heterocycles. The van der Waals surface area contributed by atoms with Gasteiger partial charge in [0.1, 0.15) is 0 Å². The van der Waals surface area contributed by atoms with Crippen LogP contribution in [0.2, 0.25) is 0 Å². The van der Waals surface area contributed by atoms with Crippen molar-refractivity contribution in [2.24, 2.45) is 10.7 Å². The van der Waals surface area contributed by atoms with E-state index in [1.54, 1.807) is 0 Å². The number of guanidine groups is 1. The van der Waals surface area contributed by atoms with Gasteiger partial charge in [-0.25, -0.2) is 0 Å². The Balaban J connectivity index is 2.73. The predicted octanol–water partition coefficient (Wildman–Crippen LogP) is 3.04. The van der Waals surface area contributed by atoms with E-state index in [1.807, 2.05) is 12.1 Å². The van der Waals surface area contributed by atoms with E-state index >= 15 is 0 Å². The highest BCUT2D eigenvalue weighted by molar-refractivity contribution is 9.10. The molecule has 4 heteroatoms. The lowest BCUT2D eigenvalue weighted by Gasteiger charge is -2.24. The molecule has 3 nitrogen and oxygen atoms in total. The molecule has 0 aliphatic carbocycles. The fourth-order valence-electron chi connectivity index (χ4n) is 1.69. The summed E-state index contributed by atoms with van der Waals surface area (Å²) < 4.78 is 1.12. The van der Waals surface area contributed by atoms with Gasteiger partial charge in [0.05, 0.1) is 6.54 Å². The van der Waals surface area contributed by atoms with Crippen molar-refractivity contribution < 1.29 is 0 Å². The molecule has 1 rings (SSSR count). The Hall–Kier alpha value is -1.03. The van der Waals surface area contributed by atoms with Crippen LogP contribution in [0, 0.1) is 0 Å². The zero-order valence-corrected chi connectivity index (χ0v) is 12.9. The van der Waals surface area contributed by atoms with E-state index in [1.165, 1.54) is 5.56 Å². The van der Waals surface area contributed by atoms with Gasteiger partial charge in [-0.3, -0.25) is 4.99 Å². The van der Waals surface area contributed by atoms with E-state index in [2.05, 4.69) is 59.1 Å². The van der Waals surface area contributed by atoms with Crippen molar-refractivity contribution in [3.8, 4) is 0 Å². The van der Waals surface area contributed by atoms with E-state index < -0.39 is 0 Å². The van der Waals surface area contributed by atoms with Crippen LogP contribution < -0.4 is 11.1 Å². The standard InChI is InChI=1S/C14H22BrN3/c1-4-9-17-13(16)18-10-14(2,3)11-7-5-6-8-12(11)15/h5-8H,4,9-10H2,1-3H3,(H3,16,17,18). The number of benzene rings is 1. The molecule has 0 aliphatic rings. The van der Waals surface area contributed by atoms with Crippen molar-refractivity contribution in [3.05, 3.63) is 34.3 Å². The van der Waals surface area contributed by atoms with Gasteiger partial charge < -0.3 is 11.1 Å². The molecule has 18 heavy (non-hydrogen) atoms. The summed E-state index contributed by atoms with van der Waals surface area (Å²) in [7, 11) is 0. The van der Waals surface area contributed by atoms with Crippen molar-refractivity contribution in [2.45, 2.75) is 32.6 Å². The first-order valence-corrected chi connectivity index (χ1v) is 7.05. The smallest absolute Gasteiger partial charge is 0.188 e. The molecule has 0 fully saturated rings. The van der Waals surface area contributed by atoms with Crippen molar-refractivity contribution in [3.63, 3.8) is 0 Å². The zero-order chi connectivity index (χ0) is 13.6. The predicted molar refractivity (Wildman–Crippen MR) is 82.0 cm³/mol. The van der Waals surface area contributed by atoms with Crippen LogP contribution in [0.5, 0.6) is 0 Å². The summed E-state index contributed by atoms with van der Waals surface area (Å²) in [5, 5.41) is 3.09. The Morgan fingerprint density at radius 1 is 1.39 bits per heavy atom. The Morgan fingerprint density at radius 3 is 2.67 bits per heavy atom. The Labute approximate surface area is 118 Å². The number of nitrogens with one attached hydrogen (secondary N) is 1. The van der Waals surface area contributed by atoms with Gasteiger partial charge in [0.25, 0.3) is 0 Å². The highest BCUT2D eigenvalue weighted by Gasteiger charge is 2.22. The van der Waals surface area contributed by atoms with Crippen molar-refractivity contribution in [2.75, 3.05) is 13.1 Å². The Kier molecular flexibility index (Phi) is 5.66. The SMILES string of the molecule is CCCNC(N)=NCC(C)(C)c1ccccc1Br. The summed E-state index contributed by atoms with van der Waals surface area (Å²) in [6, 6.07) is 8.24. The number of rotatable bonds is 5. The maximum absolute atomic E-state index is 5.81. The second-order valence-electron chi connectivity index (χ2n) is 4.99. The fourth-order valence-corrected chi connectivity index (χ4v) is 2.51. The molecular weight excluding hydrogens is 290 g/mol. The first-order valence-electron chi connectivity index (χ1n) is 6.26. The summed E-state index contributed by atoms with van der Waals surface area (Å²) in [6.07, 6.45) is 1.05. The van der Waals surface area contributed by atoms with Gasteiger partial charge in [-0.2, -0.15) is 0 Å². The average Bonchev–Trinajstić information content (AvgIpc) is 2.34. The zero-order valence-electron chi connectivity index (χ0n) is 11.3. The second-order valence-corrected chi connectivity index (χ2v) is 5.85. The number of halogens is 1. The minimum atomic E-state index is -0.0430. The van der Waals surface area contributed by atoms with E-state index in [0.29, 0.717) is 12.5 Å². The highest BCUT2D eigenvalue weighted by Crippen LogP contribution is 2.30. The van der Waals surface area contributed by atoms with Gasteiger partial charge in [0, 0.05) is 16.4 Å². The summed E-state index contributed by atoms with van der Waals surface area (Å²) in [5.41, 5.74) is 7.01. The molecule has 3 N–H and O–H groups in total. The lowest BCUT2D eigenvalue weighted by atomic mass is 9.85. The number of nitrogens with zero attached hydrogens (tertiary/aromatic N) is 1. The molecule has 0 aromatic heterocycles. The van der Waals surface area contributed by atoms with Crippen molar-refractivity contribution in [1.29, 1.82) is 0 Å². The highest BCUT2D eigenvalue weighted by atomic mass is 79.9. The van der Waals surface area contributed by atoms with E-state index in [4.69, 9.17) is 5.73 Å². The molecule has 0 aliphatic heterocycles. The van der Waals surface area contributed by atoms with E-state index in [9.17, 15) is 0 Å². The van der Waals surface area contributed by atoms with Crippen molar-refractivity contribution >= 4 is 21.9 Å². The third-order valence-corrected chi connectivity index (χ3v) is 3.50. The molecule has 100 valence electrons. The summed E-state index contributed by atoms with van der Waals surface area (Å²) in [6.45, 7) is 7.97. The van der Waals surface area contributed by atoms with Gasteiger partial charge in [-0.05, 0) is 18.1 Å². The second kappa shape index (κ2) is 6.78. The molecule has 0 unspecified atom stereocenters. The normalized spacial score (nSPS) is 12.6. The minimum absolute atomic E-state index is 0.0430. The van der Waals surface area contributed by atoms with Gasteiger partial charge in [-0.1, -0.05) is 54.9 Å². The lowest BCUT2D eigenvalue weighted by molar-refractivity contribution is 0.536. The number of hydrogen-bond donors (Lipinski definition) is 2. The number of hydrogen-bond acceptors (Lipinski definition) is 1. The largest absolute Gasteiger partial charge is 0.370 e. The molecule has 0 amide bonds. The third kappa shape index (κ3) is 4.33. The average molecular weight is 312 g/mol. The summed E-state index contributed by atoms with van der Waals surface area (Å²) in [4.78, 5) is 4.41. The summed E-state index contributed by atoms with van der Waals surface area (Å²) >= 11 is 3.59. The minimum Gasteiger partial charge on any atom is -0.370 e. The first kappa shape index (κ1) is 15.0. The van der Waals surface area contributed by atoms with E-state index in [-0.39, 0.29) is 5.41 Å². The fraction of sp³-hybridized carbons (Fsp3) is 0.500. The quantitative estimate of drug-likeness (QED) is 0.648. The van der Waals surface area contributed by atoms with Crippen LogP contribution in [0.3, 0.4) is 0 Å². The van der Waals surface area contributed by atoms with Gasteiger partial charge in [-0.15, -0.1) is 0 Å². The van der Waals surface area contributed by atoms with Crippen LogP contribution in [0.4, 0.5) is 0 Å². The van der Waals surface area contributed by atoms with Crippen molar-refractivity contribution in [1.82, 2.24) is 5.32 Å². The molecular formula is C14H22BrN3. The molecule has 1 aromatic carbocycles. The monoisotopic (exact) mass is 311 g/mol. The van der Waals surface area contributed by atoms with Crippen LogP contribution in [0.1, 0.15) is 32.8 Å². The molecule has 0 saturated carbocycles. The Bertz CT molecular complexity index is 413. The van der Waals surface area contributed by atoms with Crippen LogP contribution in [-0.4, -0.2) is 19.0 Å². The maximum Gasteiger partial charge on any atom is 0.188 e. The Morgan fingerprint density at radius 2 is 2.06 bits per heavy atom. The first-order chi connectivity index (χ1) is 8.47. The van der Waals surface area contributed by atoms with Gasteiger partial charge in [0.2, 0.25) is 0 Å². The lowest BCUT2D eigenvalue weighted by Crippen LogP contribution is -2.34. The molecule has 0 spiro atoms. The van der Waals surface area contributed by atoms with Gasteiger partial charge >= 0.3 is 0 Å². The molecule has 1 aromatic rings. The van der Waals surface area contributed by atoms with Crippen LogP contribution in [-0.2, 0) is 5.41 Å². The summed E-state index contributed by atoms with van der Waals surface area (Å²) in [5.74, 6) is 0.525. The molecule has 0 atom stereocenters. The van der Waals surface area contributed by atoms with E-state index in [0.717, 1.165) is 17.4 Å².